The van der Waals surface area contributed by atoms with Crippen molar-refractivity contribution in [3.05, 3.63) is 89.8 Å². The van der Waals surface area contributed by atoms with Gasteiger partial charge in [0.25, 0.3) is 0 Å². The first-order valence-electron chi connectivity index (χ1n) is 11.8. The first-order chi connectivity index (χ1) is 17.5. The Hall–Kier alpha value is -4.53. The summed E-state index contributed by atoms with van der Waals surface area (Å²) in [5, 5.41) is 7.61. The van der Waals surface area contributed by atoms with E-state index >= 15 is 0 Å². The second-order valence-electron chi connectivity index (χ2n) is 9.06. The zero-order valence-corrected chi connectivity index (χ0v) is 19.6. The molecule has 8 nitrogen and oxygen atoms in total. The van der Waals surface area contributed by atoms with Crippen LogP contribution in [0, 0.1) is 5.82 Å². The van der Waals surface area contributed by atoms with E-state index in [2.05, 4.69) is 15.4 Å². The van der Waals surface area contributed by atoms with Crippen molar-refractivity contribution < 1.29 is 9.18 Å². The quantitative estimate of drug-likeness (QED) is 0.356. The first-order valence-corrected chi connectivity index (χ1v) is 11.8. The van der Waals surface area contributed by atoms with Crippen molar-refractivity contribution in [3.63, 3.8) is 0 Å². The van der Waals surface area contributed by atoms with Crippen LogP contribution in [-0.2, 0) is 13.6 Å². The lowest BCUT2D eigenvalue weighted by Gasteiger charge is -2.13. The number of aryl methyl sites for hydroxylation is 1. The molecule has 0 unspecified atom stereocenters. The molecule has 36 heavy (non-hydrogen) atoms. The van der Waals surface area contributed by atoms with Gasteiger partial charge in [0.2, 0.25) is 5.91 Å². The third-order valence-electron chi connectivity index (χ3n) is 6.62. The summed E-state index contributed by atoms with van der Waals surface area (Å²) in [6, 6.07) is 13.9. The maximum Gasteiger partial charge on any atom is 0.248 e. The monoisotopic (exact) mass is 481 g/mol. The van der Waals surface area contributed by atoms with E-state index in [4.69, 9.17) is 10.7 Å². The summed E-state index contributed by atoms with van der Waals surface area (Å²) in [6.07, 6.45) is 7.56. The van der Waals surface area contributed by atoms with Crippen molar-refractivity contribution in [1.29, 1.82) is 0 Å². The van der Waals surface area contributed by atoms with Gasteiger partial charge in [0.15, 0.2) is 11.5 Å². The lowest BCUT2D eigenvalue weighted by molar-refractivity contribution is 0.0999. The largest absolute Gasteiger partial charge is 0.366 e. The van der Waals surface area contributed by atoms with Crippen molar-refractivity contribution in [1.82, 2.24) is 24.1 Å². The number of aromatic nitrogens is 5. The standard InChI is InChI=1S/C27H24FN7O/c1-34-20(10-11-32-34)13-30-26-27-31-14-24(18-6-9-21(25(29)36)22(12-18)16-2-3-16)35(27)15-23(33-26)17-4-7-19(28)8-5-17/h4-12,14-16H,2-3,13H2,1H3,(H2,29,36)(H,30,33). The third kappa shape index (κ3) is 3.98. The molecule has 3 aromatic heterocycles. The smallest absolute Gasteiger partial charge is 0.248 e. The molecular weight excluding hydrogens is 457 g/mol. The van der Waals surface area contributed by atoms with Crippen LogP contribution >= 0.6 is 0 Å². The van der Waals surface area contributed by atoms with Crippen molar-refractivity contribution >= 4 is 17.4 Å². The Labute approximate surface area is 206 Å². The number of imidazole rings is 1. The minimum Gasteiger partial charge on any atom is -0.366 e. The number of hydrogen-bond acceptors (Lipinski definition) is 5. The minimum atomic E-state index is -0.411. The van der Waals surface area contributed by atoms with E-state index in [-0.39, 0.29) is 5.82 Å². The third-order valence-corrected chi connectivity index (χ3v) is 6.62. The van der Waals surface area contributed by atoms with Crippen molar-refractivity contribution in [2.45, 2.75) is 25.3 Å². The Balaban J connectivity index is 1.48. The predicted molar refractivity (Wildman–Crippen MR) is 135 cm³/mol. The van der Waals surface area contributed by atoms with Gasteiger partial charge in [0.05, 0.1) is 29.8 Å². The van der Waals surface area contributed by atoms with E-state index in [0.717, 1.165) is 40.9 Å². The molecule has 1 aliphatic rings. The van der Waals surface area contributed by atoms with Crippen molar-refractivity contribution in [2.75, 3.05) is 5.32 Å². The number of anilines is 1. The molecule has 2 aromatic carbocycles. The van der Waals surface area contributed by atoms with Gasteiger partial charge in [-0.1, -0.05) is 6.07 Å². The minimum absolute atomic E-state index is 0.306. The fourth-order valence-corrected chi connectivity index (χ4v) is 4.51. The van der Waals surface area contributed by atoms with Crippen LogP contribution in [0.2, 0.25) is 0 Å². The van der Waals surface area contributed by atoms with Gasteiger partial charge in [-0.2, -0.15) is 5.10 Å². The Morgan fingerprint density at radius 1 is 1.14 bits per heavy atom. The summed E-state index contributed by atoms with van der Waals surface area (Å²) in [4.78, 5) is 21.5. The van der Waals surface area contributed by atoms with Crippen LogP contribution < -0.4 is 11.1 Å². The summed E-state index contributed by atoms with van der Waals surface area (Å²) < 4.78 is 17.4. The normalized spacial score (nSPS) is 13.3. The number of nitrogens with zero attached hydrogens (tertiary/aromatic N) is 5. The van der Waals surface area contributed by atoms with Gasteiger partial charge in [-0.25, -0.2) is 14.4 Å². The Bertz CT molecular complexity index is 1600. The van der Waals surface area contributed by atoms with Gasteiger partial charge >= 0.3 is 0 Å². The number of rotatable bonds is 7. The second-order valence-corrected chi connectivity index (χ2v) is 9.06. The number of amides is 1. The summed E-state index contributed by atoms with van der Waals surface area (Å²) in [7, 11) is 1.88. The van der Waals surface area contributed by atoms with Gasteiger partial charge in [-0.3, -0.25) is 13.9 Å². The van der Waals surface area contributed by atoms with E-state index in [1.54, 1.807) is 35.3 Å². The average Bonchev–Trinajstić information content (AvgIpc) is 3.51. The highest BCUT2D eigenvalue weighted by atomic mass is 19.1. The van der Waals surface area contributed by atoms with E-state index in [1.165, 1.54) is 12.1 Å². The molecular formula is C27H24FN7O. The predicted octanol–water partition coefficient (Wildman–Crippen LogP) is 4.52. The van der Waals surface area contributed by atoms with Gasteiger partial charge in [-0.15, -0.1) is 0 Å². The highest BCUT2D eigenvalue weighted by Gasteiger charge is 2.28. The first kappa shape index (κ1) is 22.0. The summed E-state index contributed by atoms with van der Waals surface area (Å²) in [6.45, 7) is 0.507. The highest BCUT2D eigenvalue weighted by Crippen LogP contribution is 2.43. The molecule has 0 radical (unpaired) electrons. The molecule has 6 rings (SSSR count). The molecule has 0 saturated heterocycles. The molecule has 9 heteroatoms. The van der Waals surface area contributed by atoms with Crippen molar-refractivity contribution in [3.8, 4) is 22.5 Å². The van der Waals surface area contributed by atoms with Gasteiger partial charge in [0.1, 0.15) is 5.82 Å². The number of carbonyl (C=O) groups is 1. The van der Waals surface area contributed by atoms with Crippen LogP contribution in [0.3, 0.4) is 0 Å². The molecule has 180 valence electrons. The molecule has 1 saturated carbocycles. The highest BCUT2D eigenvalue weighted by molar-refractivity contribution is 5.95. The fraction of sp³-hybridized carbons (Fsp3) is 0.185. The molecule has 3 heterocycles. The molecule has 5 aromatic rings. The number of halogens is 1. The number of benzene rings is 2. The van der Waals surface area contributed by atoms with E-state index in [1.807, 2.05) is 35.8 Å². The van der Waals surface area contributed by atoms with Gasteiger partial charge in [0, 0.05) is 36.1 Å². The van der Waals surface area contributed by atoms with Crippen LogP contribution in [0.5, 0.6) is 0 Å². The lowest BCUT2D eigenvalue weighted by atomic mass is 9.98. The lowest BCUT2D eigenvalue weighted by Crippen LogP contribution is -2.13. The molecule has 0 bridgehead atoms. The van der Waals surface area contributed by atoms with Crippen LogP contribution in [0.15, 0.2) is 67.1 Å². The second kappa shape index (κ2) is 8.60. The van der Waals surface area contributed by atoms with Crippen LogP contribution in [0.1, 0.15) is 40.4 Å². The summed E-state index contributed by atoms with van der Waals surface area (Å²) in [5.41, 5.74) is 12.1. The number of primary amides is 1. The van der Waals surface area contributed by atoms with Crippen LogP contribution in [0.25, 0.3) is 28.2 Å². The Morgan fingerprint density at radius 3 is 2.61 bits per heavy atom. The number of nitrogens with one attached hydrogen (secondary N) is 1. The Kier molecular flexibility index (Phi) is 5.25. The molecule has 0 atom stereocenters. The van der Waals surface area contributed by atoms with Gasteiger partial charge in [-0.05, 0) is 66.8 Å². The number of carbonyl (C=O) groups excluding carboxylic acids is 1. The number of hydrogen-bond donors (Lipinski definition) is 2. The van der Waals surface area contributed by atoms with E-state index < -0.39 is 5.91 Å². The summed E-state index contributed by atoms with van der Waals surface area (Å²) >= 11 is 0. The number of nitrogens with two attached hydrogens (primary N) is 1. The van der Waals surface area contributed by atoms with Gasteiger partial charge < -0.3 is 11.1 Å². The maximum atomic E-state index is 13.6. The van der Waals surface area contributed by atoms with E-state index in [9.17, 15) is 9.18 Å². The fourth-order valence-electron chi connectivity index (χ4n) is 4.51. The zero-order valence-electron chi connectivity index (χ0n) is 19.6. The zero-order chi connectivity index (χ0) is 24.8. The molecule has 0 spiro atoms. The maximum absolute atomic E-state index is 13.6. The molecule has 0 aliphatic heterocycles. The molecule has 1 fully saturated rings. The molecule has 1 amide bonds. The van der Waals surface area contributed by atoms with Crippen LogP contribution in [-0.4, -0.2) is 30.1 Å². The van der Waals surface area contributed by atoms with E-state index in [0.29, 0.717) is 35.2 Å². The molecule has 3 N–H and O–H groups in total. The van der Waals surface area contributed by atoms with Crippen molar-refractivity contribution in [2.24, 2.45) is 12.8 Å². The topological polar surface area (TPSA) is 103 Å². The average molecular weight is 482 g/mol. The Morgan fingerprint density at radius 2 is 1.92 bits per heavy atom. The number of fused-ring (bicyclic) bond motifs is 1. The SMILES string of the molecule is Cn1nccc1CNc1nc(-c2ccc(F)cc2)cn2c(-c3ccc(C(N)=O)c(C4CC4)c3)cnc12. The molecule has 1 aliphatic carbocycles. The summed E-state index contributed by atoms with van der Waals surface area (Å²) in [5.74, 6) is 0.241. The van der Waals surface area contributed by atoms with Crippen LogP contribution in [0.4, 0.5) is 10.2 Å².